The van der Waals surface area contributed by atoms with Crippen molar-refractivity contribution in [3.05, 3.63) is 35.4 Å². The van der Waals surface area contributed by atoms with Crippen LogP contribution in [-0.2, 0) is 6.42 Å². The summed E-state index contributed by atoms with van der Waals surface area (Å²) in [5.41, 5.74) is 2.07. The van der Waals surface area contributed by atoms with E-state index in [-0.39, 0.29) is 5.12 Å². The molecule has 76 valence electrons. The monoisotopic (exact) mass is 208 g/mol. The summed E-state index contributed by atoms with van der Waals surface area (Å²) < 4.78 is 0. The number of unbranched alkanes of at least 4 members (excludes halogenated alkanes) is 1. The summed E-state index contributed by atoms with van der Waals surface area (Å²) in [6.45, 7) is 2.17. The Labute approximate surface area is 89.9 Å². The fourth-order valence-electron chi connectivity index (χ4n) is 1.41. The van der Waals surface area contributed by atoms with E-state index in [1.807, 2.05) is 24.5 Å². The molecule has 0 bridgehead atoms. The molecule has 0 unspecified atom stereocenters. The van der Waals surface area contributed by atoms with Crippen molar-refractivity contribution in [2.75, 3.05) is 6.26 Å². The van der Waals surface area contributed by atoms with Crippen LogP contribution in [0, 0.1) is 0 Å². The van der Waals surface area contributed by atoms with Crippen molar-refractivity contribution in [1.82, 2.24) is 0 Å². The lowest BCUT2D eigenvalue weighted by Crippen LogP contribution is -1.99. The maximum atomic E-state index is 11.6. The van der Waals surface area contributed by atoms with Gasteiger partial charge in [-0.2, -0.15) is 0 Å². The van der Waals surface area contributed by atoms with Crippen LogP contribution >= 0.6 is 11.8 Å². The van der Waals surface area contributed by atoms with Crippen LogP contribution < -0.4 is 0 Å². The number of carbonyl (C=O) groups excluding carboxylic acids is 1. The van der Waals surface area contributed by atoms with E-state index in [1.165, 1.54) is 23.7 Å². The van der Waals surface area contributed by atoms with E-state index in [0.717, 1.165) is 18.4 Å². The van der Waals surface area contributed by atoms with Crippen LogP contribution in [0.2, 0.25) is 0 Å². The summed E-state index contributed by atoms with van der Waals surface area (Å²) in [6.07, 6.45) is 5.17. The average Bonchev–Trinajstić information content (AvgIpc) is 2.25. The molecule has 1 aromatic rings. The predicted molar refractivity (Wildman–Crippen MR) is 62.9 cm³/mol. The molecule has 0 heterocycles. The van der Waals surface area contributed by atoms with Crippen molar-refractivity contribution in [3.8, 4) is 0 Å². The molecule has 1 aromatic carbocycles. The van der Waals surface area contributed by atoms with Gasteiger partial charge in [0, 0.05) is 5.56 Å². The topological polar surface area (TPSA) is 17.1 Å². The molecule has 0 spiro atoms. The Kier molecular flexibility index (Phi) is 4.74. The number of hydrogen-bond acceptors (Lipinski definition) is 2. The highest BCUT2D eigenvalue weighted by atomic mass is 32.2. The number of carbonyl (C=O) groups is 1. The molecular formula is C12H16OS. The molecule has 0 saturated heterocycles. The van der Waals surface area contributed by atoms with Gasteiger partial charge in [-0.25, -0.2) is 0 Å². The lowest BCUT2D eigenvalue weighted by molar-refractivity contribution is 0.108. The first-order chi connectivity index (χ1) is 6.79. The molecular weight excluding hydrogens is 192 g/mol. The van der Waals surface area contributed by atoms with Gasteiger partial charge in [-0.15, -0.1) is 0 Å². The zero-order valence-electron chi connectivity index (χ0n) is 8.75. The van der Waals surface area contributed by atoms with Crippen LogP contribution in [0.15, 0.2) is 24.3 Å². The predicted octanol–water partition coefficient (Wildman–Crippen LogP) is 3.53. The number of benzene rings is 1. The summed E-state index contributed by atoms with van der Waals surface area (Å²) >= 11 is 1.29. The second-order valence-electron chi connectivity index (χ2n) is 3.25. The maximum absolute atomic E-state index is 11.6. The minimum atomic E-state index is 0.178. The van der Waals surface area contributed by atoms with Gasteiger partial charge < -0.3 is 0 Å². The molecule has 0 aliphatic heterocycles. The maximum Gasteiger partial charge on any atom is 0.219 e. The SMILES string of the molecule is CCCCc1ccccc1C(=O)SC. The Morgan fingerprint density at radius 2 is 2.07 bits per heavy atom. The van der Waals surface area contributed by atoms with Gasteiger partial charge in [-0.05, 0) is 24.7 Å². The smallest absolute Gasteiger partial charge is 0.219 e. The van der Waals surface area contributed by atoms with Crippen molar-refractivity contribution in [2.45, 2.75) is 26.2 Å². The fourth-order valence-corrected chi connectivity index (χ4v) is 1.83. The van der Waals surface area contributed by atoms with Crippen molar-refractivity contribution in [2.24, 2.45) is 0 Å². The molecule has 2 heteroatoms. The first kappa shape index (κ1) is 11.3. The van der Waals surface area contributed by atoms with Gasteiger partial charge in [0.2, 0.25) is 5.12 Å². The molecule has 0 amide bonds. The van der Waals surface area contributed by atoms with Crippen LogP contribution in [0.25, 0.3) is 0 Å². The van der Waals surface area contributed by atoms with E-state index in [2.05, 4.69) is 13.0 Å². The Morgan fingerprint density at radius 1 is 1.36 bits per heavy atom. The number of hydrogen-bond donors (Lipinski definition) is 0. The third-order valence-corrected chi connectivity index (χ3v) is 2.81. The Balaban J connectivity index is 2.85. The van der Waals surface area contributed by atoms with Crippen LogP contribution in [0.4, 0.5) is 0 Å². The average molecular weight is 208 g/mol. The minimum absolute atomic E-state index is 0.178. The third kappa shape index (κ3) is 2.88. The molecule has 1 nitrogen and oxygen atoms in total. The largest absolute Gasteiger partial charge is 0.282 e. The lowest BCUT2D eigenvalue weighted by atomic mass is 10.0. The van der Waals surface area contributed by atoms with Gasteiger partial charge >= 0.3 is 0 Å². The molecule has 0 aromatic heterocycles. The van der Waals surface area contributed by atoms with Gasteiger partial charge in [0.15, 0.2) is 0 Å². The normalized spacial score (nSPS) is 10.1. The van der Waals surface area contributed by atoms with Crippen LogP contribution in [0.3, 0.4) is 0 Å². The molecule has 1 rings (SSSR count). The molecule has 0 N–H and O–H groups in total. The van der Waals surface area contributed by atoms with E-state index in [1.54, 1.807) is 0 Å². The van der Waals surface area contributed by atoms with E-state index >= 15 is 0 Å². The van der Waals surface area contributed by atoms with Crippen molar-refractivity contribution < 1.29 is 4.79 Å². The third-order valence-electron chi connectivity index (χ3n) is 2.22. The Bertz CT molecular complexity index is 307. The Morgan fingerprint density at radius 3 is 2.71 bits per heavy atom. The summed E-state index contributed by atoms with van der Waals surface area (Å²) in [5.74, 6) is 0. The molecule has 0 aliphatic carbocycles. The molecule has 0 saturated carbocycles. The van der Waals surface area contributed by atoms with Gasteiger partial charge in [0.1, 0.15) is 0 Å². The summed E-state index contributed by atoms with van der Waals surface area (Å²) in [6, 6.07) is 7.91. The van der Waals surface area contributed by atoms with Gasteiger partial charge in [-0.1, -0.05) is 49.4 Å². The van der Waals surface area contributed by atoms with Gasteiger partial charge in [-0.3, -0.25) is 4.79 Å². The highest BCUT2D eigenvalue weighted by Gasteiger charge is 2.08. The van der Waals surface area contributed by atoms with Crippen LogP contribution in [0.5, 0.6) is 0 Å². The van der Waals surface area contributed by atoms with Gasteiger partial charge in [0.05, 0.1) is 0 Å². The zero-order chi connectivity index (χ0) is 10.4. The highest BCUT2D eigenvalue weighted by Crippen LogP contribution is 2.16. The highest BCUT2D eigenvalue weighted by molar-refractivity contribution is 8.13. The second kappa shape index (κ2) is 5.86. The van der Waals surface area contributed by atoms with Crippen LogP contribution in [-0.4, -0.2) is 11.4 Å². The van der Waals surface area contributed by atoms with E-state index in [0.29, 0.717) is 0 Å². The molecule has 0 atom stereocenters. The molecule has 0 fully saturated rings. The first-order valence-corrected chi connectivity index (χ1v) is 6.18. The van der Waals surface area contributed by atoms with Crippen molar-refractivity contribution in [3.63, 3.8) is 0 Å². The standard InChI is InChI=1S/C12H16OS/c1-3-4-7-10-8-5-6-9-11(10)12(13)14-2/h5-6,8-9H,3-4,7H2,1-2H3. The minimum Gasteiger partial charge on any atom is -0.282 e. The summed E-state index contributed by atoms with van der Waals surface area (Å²) in [5, 5.41) is 0.178. The van der Waals surface area contributed by atoms with Crippen LogP contribution in [0.1, 0.15) is 35.7 Å². The zero-order valence-corrected chi connectivity index (χ0v) is 9.56. The number of aryl methyl sites for hydroxylation is 1. The Hall–Kier alpha value is -0.760. The van der Waals surface area contributed by atoms with E-state index in [9.17, 15) is 4.79 Å². The van der Waals surface area contributed by atoms with E-state index in [4.69, 9.17) is 0 Å². The van der Waals surface area contributed by atoms with E-state index < -0.39 is 0 Å². The van der Waals surface area contributed by atoms with Crippen molar-refractivity contribution >= 4 is 16.9 Å². The summed E-state index contributed by atoms with van der Waals surface area (Å²) in [7, 11) is 0. The summed E-state index contributed by atoms with van der Waals surface area (Å²) in [4.78, 5) is 11.6. The fraction of sp³-hybridized carbons (Fsp3) is 0.417. The van der Waals surface area contributed by atoms with Gasteiger partial charge in [0.25, 0.3) is 0 Å². The molecule has 0 aliphatic rings. The van der Waals surface area contributed by atoms with Crippen molar-refractivity contribution in [1.29, 1.82) is 0 Å². The molecule has 0 radical (unpaired) electrons. The first-order valence-electron chi connectivity index (χ1n) is 4.95. The second-order valence-corrected chi connectivity index (χ2v) is 4.03. The number of rotatable bonds is 4. The number of thioether (sulfide) groups is 1. The lowest BCUT2D eigenvalue weighted by Gasteiger charge is -2.05. The quantitative estimate of drug-likeness (QED) is 0.753. The molecule has 14 heavy (non-hydrogen) atoms.